The van der Waals surface area contributed by atoms with E-state index in [1.807, 2.05) is 6.07 Å². The van der Waals surface area contributed by atoms with Crippen LogP contribution in [0.1, 0.15) is 75.6 Å². The standard InChI is InChI=1S/C21H23F2NO3.C12H14F3NO3S/c22-17-12-15(13-18(23)21(17)27-10-4-8-20(25)26)16-7-3-9-24-19(16)11-14-5-1-2-6-14;13-12(14,15)20(17,18)19-11-6-3-7-16-10(11)8-9-4-1-2-5-9/h3,7,9,12-14H,1-2,4-6,8,10-11H2,(H,25,26);3,6-7,9H,1-2,4-5,8H2. The lowest BCUT2D eigenvalue weighted by Crippen LogP contribution is -2.28. The highest BCUT2D eigenvalue weighted by Gasteiger charge is 2.49. The van der Waals surface area contributed by atoms with E-state index in [-0.39, 0.29) is 30.9 Å². The number of nitrogens with zero attached hydrogens (tertiary/aromatic N) is 2. The van der Waals surface area contributed by atoms with E-state index < -0.39 is 39.0 Å². The highest BCUT2D eigenvalue weighted by Crippen LogP contribution is 2.35. The van der Waals surface area contributed by atoms with Crippen molar-refractivity contribution in [2.24, 2.45) is 11.8 Å². The summed E-state index contributed by atoms with van der Waals surface area (Å²) in [6, 6.07) is 8.65. The topological polar surface area (TPSA) is 116 Å². The third kappa shape index (κ3) is 10.3. The van der Waals surface area contributed by atoms with E-state index in [0.717, 1.165) is 43.4 Å². The lowest BCUT2D eigenvalue weighted by atomic mass is 9.95. The third-order valence-corrected chi connectivity index (χ3v) is 9.19. The van der Waals surface area contributed by atoms with Gasteiger partial charge in [-0.1, -0.05) is 57.4 Å². The fourth-order valence-corrected chi connectivity index (χ4v) is 6.39. The zero-order valence-electron chi connectivity index (χ0n) is 25.6. The fourth-order valence-electron chi connectivity index (χ4n) is 5.91. The summed E-state index contributed by atoms with van der Waals surface area (Å²) >= 11 is 0. The van der Waals surface area contributed by atoms with Crippen molar-refractivity contribution in [1.82, 2.24) is 9.97 Å². The van der Waals surface area contributed by atoms with Gasteiger partial charge < -0.3 is 14.0 Å². The number of alkyl halides is 3. The number of benzene rings is 1. The third-order valence-electron chi connectivity index (χ3n) is 8.23. The van der Waals surface area contributed by atoms with Gasteiger partial charge in [0.15, 0.2) is 23.1 Å². The second-order valence-electron chi connectivity index (χ2n) is 11.8. The Hall–Kier alpha value is -3.81. The van der Waals surface area contributed by atoms with Crippen LogP contribution in [-0.2, 0) is 27.8 Å². The number of carbonyl (C=O) groups is 1. The largest absolute Gasteiger partial charge is 0.534 e. The molecule has 2 aliphatic rings. The van der Waals surface area contributed by atoms with Gasteiger partial charge in [-0.25, -0.2) is 8.78 Å². The van der Waals surface area contributed by atoms with Crippen LogP contribution in [0.15, 0.2) is 48.8 Å². The maximum Gasteiger partial charge on any atom is 0.534 e. The van der Waals surface area contributed by atoms with Crippen LogP contribution in [0.3, 0.4) is 0 Å². The van der Waals surface area contributed by atoms with Gasteiger partial charge in [0.05, 0.1) is 12.3 Å². The number of rotatable bonds is 12. The molecule has 1 aromatic carbocycles. The van der Waals surface area contributed by atoms with E-state index in [4.69, 9.17) is 9.84 Å². The molecule has 3 aromatic rings. The lowest BCUT2D eigenvalue weighted by Gasteiger charge is -2.14. The molecule has 47 heavy (non-hydrogen) atoms. The molecule has 0 amide bonds. The van der Waals surface area contributed by atoms with Gasteiger partial charge in [0, 0.05) is 30.1 Å². The summed E-state index contributed by atoms with van der Waals surface area (Å²) in [7, 11) is -5.65. The monoisotopic (exact) mass is 684 g/mol. The van der Waals surface area contributed by atoms with Gasteiger partial charge in [0.1, 0.15) is 0 Å². The molecular formula is C33H37F5N2O6S. The highest BCUT2D eigenvalue weighted by molar-refractivity contribution is 7.88. The highest BCUT2D eigenvalue weighted by atomic mass is 32.2. The van der Waals surface area contributed by atoms with Crippen molar-refractivity contribution in [1.29, 1.82) is 0 Å². The summed E-state index contributed by atoms with van der Waals surface area (Å²) < 4.78 is 97.2. The Morgan fingerprint density at radius 1 is 0.872 bits per heavy atom. The van der Waals surface area contributed by atoms with E-state index in [0.29, 0.717) is 23.8 Å². The van der Waals surface area contributed by atoms with Gasteiger partial charge in [0.2, 0.25) is 0 Å². The molecule has 2 fully saturated rings. The Morgan fingerprint density at radius 3 is 1.96 bits per heavy atom. The van der Waals surface area contributed by atoms with Crippen LogP contribution in [0.5, 0.6) is 11.5 Å². The molecule has 0 unspecified atom stereocenters. The second kappa shape index (κ2) is 16.3. The first-order valence-electron chi connectivity index (χ1n) is 15.6. The molecule has 2 heterocycles. The van der Waals surface area contributed by atoms with Crippen LogP contribution in [-0.4, -0.2) is 41.6 Å². The molecule has 0 atom stereocenters. The van der Waals surface area contributed by atoms with E-state index in [1.165, 1.54) is 56.1 Å². The Kier molecular flexibility index (Phi) is 12.5. The van der Waals surface area contributed by atoms with Crippen LogP contribution in [0, 0.1) is 23.5 Å². The van der Waals surface area contributed by atoms with Crippen molar-refractivity contribution < 1.29 is 49.2 Å². The first-order valence-corrected chi connectivity index (χ1v) is 17.0. The predicted octanol–water partition coefficient (Wildman–Crippen LogP) is 8.05. The summed E-state index contributed by atoms with van der Waals surface area (Å²) in [5.74, 6) is -2.47. The molecule has 0 spiro atoms. The van der Waals surface area contributed by atoms with Crippen molar-refractivity contribution in [3.8, 4) is 22.6 Å². The number of aromatic nitrogens is 2. The van der Waals surface area contributed by atoms with Crippen LogP contribution in [0.2, 0.25) is 0 Å². The average molecular weight is 685 g/mol. The van der Waals surface area contributed by atoms with Crippen molar-refractivity contribution >= 4 is 16.1 Å². The normalized spacial score (nSPS) is 15.7. The second-order valence-corrected chi connectivity index (χ2v) is 13.3. The van der Waals surface area contributed by atoms with Gasteiger partial charge in [-0.2, -0.15) is 21.6 Å². The zero-order valence-corrected chi connectivity index (χ0v) is 26.5. The molecule has 256 valence electrons. The lowest BCUT2D eigenvalue weighted by molar-refractivity contribution is -0.137. The molecule has 2 aliphatic carbocycles. The number of aliphatic carboxylic acids is 1. The van der Waals surface area contributed by atoms with Crippen molar-refractivity contribution in [3.05, 3.63) is 71.8 Å². The number of hydrogen-bond acceptors (Lipinski definition) is 7. The van der Waals surface area contributed by atoms with Crippen LogP contribution < -0.4 is 8.92 Å². The maximum atomic E-state index is 14.4. The van der Waals surface area contributed by atoms with Crippen molar-refractivity contribution in [3.63, 3.8) is 0 Å². The fraction of sp³-hybridized carbons (Fsp3) is 0.485. The number of pyridine rings is 2. The predicted molar refractivity (Wildman–Crippen MR) is 163 cm³/mol. The number of hydrogen-bond donors (Lipinski definition) is 1. The zero-order chi connectivity index (χ0) is 34.0. The summed E-state index contributed by atoms with van der Waals surface area (Å²) in [5.41, 5.74) is -3.15. The Morgan fingerprint density at radius 2 is 1.40 bits per heavy atom. The molecular weight excluding hydrogens is 647 g/mol. The smallest absolute Gasteiger partial charge is 0.488 e. The molecule has 0 bridgehead atoms. The molecule has 1 N–H and O–H groups in total. The Labute approximate surface area is 270 Å². The van der Waals surface area contributed by atoms with Gasteiger partial charge in [-0.3, -0.25) is 14.8 Å². The van der Waals surface area contributed by atoms with E-state index in [9.17, 15) is 35.2 Å². The average Bonchev–Trinajstić information content (AvgIpc) is 3.72. The first-order chi connectivity index (χ1) is 22.3. The summed E-state index contributed by atoms with van der Waals surface area (Å²) in [5, 5.41) is 8.60. The Balaban J connectivity index is 0.000000223. The maximum absolute atomic E-state index is 14.4. The summed E-state index contributed by atoms with van der Waals surface area (Å²) in [6.07, 6.45) is 13.3. The van der Waals surface area contributed by atoms with Crippen molar-refractivity contribution in [2.75, 3.05) is 6.61 Å². The first kappa shape index (κ1) is 36.0. The Bertz CT molecular complexity index is 1580. The summed E-state index contributed by atoms with van der Waals surface area (Å²) in [4.78, 5) is 18.9. The van der Waals surface area contributed by atoms with Gasteiger partial charge in [-0.05, 0) is 67.0 Å². The number of carboxylic acids is 1. The molecule has 2 aromatic heterocycles. The van der Waals surface area contributed by atoms with Crippen LogP contribution in [0.4, 0.5) is 22.0 Å². The van der Waals surface area contributed by atoms with E-state index in [1.54, 1.807) is 12.3 Å². The summed E-state index contributed by atoms with van der Waals surface area (Å²) in [6.45, 7) is -0.0562. The van der Waals surface area contributed by atoms with E-state index in [2.05, 4.69) is 14.2 Å². The SMILES string of the molecule is O=C(O)CCCOc1c(F)cc(-c2cccnc2CC2CCCC2)cc1F.O=S(=O)(Oc1cccnc1CC1CCCC1)C(F)(F)F. The number of halogens is 5. The van der Waals surface area contributed by atoms with Crippen LogP contribution in [0.25, 0.3) is 11.1 Å². The minimum Gasteiger partial charge on any atom is -0.488 e. The quantitative estimate of drug-likeness (QED) is 0.0882. The molecule has 0 radical (unpaired) electrons. The van der Waals surface area contributed by atoms with E-state index >= 15 is 0 Å². The molecule has 2 saturated carbocycles. The molecule has 0 saturated heterocycles. The molecule has 8 nitrogen and oxygen atoms in total. The molecule has 5 rings (SSSR count). The van der Waals surface area contributed by atoms with Gasteiger partial charge in [-0.15, -0.1) is 0 Å². The minimum absolute atomic E-state index is 0.0562. The van der Waals surface area contributed by atoms with Crippen LogP contribution >= 0.6 is 0 Å². The minimum atomic E-state index is -5.65. The van der Waals surface area contributed by atoms with Crippen molar-refractivity contribution in [2.45, 2.75) is 82.6 Å². The molecule has 0 aliphatic heterocycles. The molecule has 14 heteroatoms. The van der Waals surface area contributed by atoms with Gasteiger partial charge in [0.25, 0.3) is 0 Å². The number of carboxylic acid groups (broad SMARTS) is 1. The number of ether oxygens (including phenoxy) is 1. The van der Waals surface area contributed by atoms with Gasteiger partial charge >= 0.3 is 21.6 Å².